The Morgan fingerprint density at radius 2 is 1.89 bits per heavy atom. The standard InChI is InChI=1S/C14H20NO2.C11H6F3NO2S/c1-16-13-6-5-11(9-14(13)17-2)7-8-15-10-12-3-4-12;12-11(13,14)7-3-1-2-6(4-7)9-8(10(16)17)15-5-18-9/h5-6,9,12H,3-4,7-8,10H2,1-2H3;1-5H,(H,16,17)/q-1;. The van der Waals surface area contributed by atoms with Crippen LogP contribution in [0.4, 0.5) is 13.2 Å². The number of carboxylic acids is 1. The molecule has 4 rings (SSSR count). The number of ether oxygens (including phenoxy) is 2. The maximum absolute atomic E-state index is 12.5. The highest BCUT2D eigenvalue weighted by Gasteiger charge is 2.31. The van der Waals surface area contributed by atoms with E-state index >= 15 is 0 Å². The van der Waals surface area contributed by atoms with Crippen LogP contribution >= 0.6 is 11.3 Å². The van der Waals surface area contributed by atoms with Gasteiger partial charge in [0.05, 0.1) is 30.2 Å². The zero-order chi connectivity index (χ0) is 25.4. The predicted octanol–water partition coefficient (Wildman–Crippen LogP) is 6.56. The van der Waals surface area contributed by atoms with Crippen molar-refractivity contribution in [1.82, 2.24) is 4.98 Å². The molecule has 1 heterocycles. The topological polar surface area (TPSA) is 82.8 Å². The molecule has 188 valence electrons. The Morgan fingerprint density at radius 1 is 1.14 bits per heavy atom. The van der Waals surface area contributed by atoms with Gasteiger partial charge in [-0.25, -0.2) is 9.78 Å². The Morgan fingerprint density at radius 3 is 2.51 bits per heavy atom. The van der Waals surface area contributed by atoms with E-state index in [0.29, 0.717) is 0 Å². The normalized spacial score (nSPS) is 13.1. The number of rotatable bonds is 9. The second-order valence-corrected chi connectivity index (χ2v) is 8.78. The van der Waals surface area contributed by atoms with E-state index in [-0.39, 0.29) is 16.1 Å². The van der Waals surface area contributed by atoms with E-state index in [1.165, 1.54) is 36.0 Å². The number of aromatic nitrogens is 1. The zero-order valence-corrected chi connectivity index (χ0v) is 20.2. The lowest BCUT2D eigenvalue weighted by atomic mass is 10.1. The van der Waals surface area contributed by atoms with Crippen LogP contribution in [-0.2, 0) is 12.6 Å². The fourth-order valence-electron chi connectivity index (χ4n) is 3.26. The van der Waals surface area contributed by atoms with Gasteiger partial charge in [0.2, 0.25) is 0 Å². The van der Waals surface area contributed by atoms with Gasteiger partial charge in [0, 0.05) is 0 Å². The maximum atomic E-state index is 12.5. The number of benzene rings is 2. The van der Waals surface area contributed by atoms with Crippen LogP contribution in [0.3, 0.4) is 0 Å². The van der Waals surface area contributed by atoms with E-state index in [9.17, 15) is 18.0 Å². The summed E-state index contributed by atoms with van der Waals surface area (Å²) in [6.07, 6.45) is -0.725. The molecule has 0 amide bonds. The summed E-state index contributed by atoms with van der Waals surface area (Å²) in [6, 6.07) is 10.6. The lowest BCUT2D eigenvalue weighted by molar-refractivity contribution is -0.137. The molecule has 0 radical (unpaired) electrons. The lowest BCUT2D eigenvalue weighted by Gasteiger charge is -2.18. The third-order valence-electron chi connectivity index (χ3n) is 5.31. The average molecular weight is 508 g/mol. The van der Waals surface area contributed by atoms with Gasteiger partial charge in [0.15, 0.2) is 17.2 Å². The summed E-state index contributed by atoms with van der Waals surface area (Å²) in [4.78, 5) is 14.7. The Balaban J connectivity index is 0.000000196. The zero-order valence-electron chi connectivity index (χ0n) is 19.3. The third kappa shape index (κ3) is 7.69. The first-order valence-corrected chi connectivity index (χ1v) is 11.8. The molecule has 0 spiro atoms. The first-order chi connectivity index (χ1) is 16.7. The maximum Gasteiger partial charge on any atom is 0.416 e. The molecule has 1 aliphatic carbocycles. The van der Waals surface area contributed by atoms with E-state index in [4.69, 9.17) is 14.6 Å². The number of methoxy groups -OCH3 is 2. The Labute approximate surface area is 205 Å². The number of carbonyl (C=O) groups is 1. The van der Waals surface area contributed by atoms with Crippen LogP contribution in [0.25, 0.3) is 15.8 Å². The molecule has 3 aromatic rings. The van der Waals surface area contributed by atoms with Crippen LogP contribution in [0, 0.1) is 5.92 Å². The number of hydrogen-bond donors (Lipinski definition) is 1. The van der Waals surface area contributed by atoms with E-state index in [0.717, 1.165) is 60.4 Å². The van der Waals surface area contributed by atoms with E-state index in [1.54, 1.807) is 14.2 Å². The number of halogens is 3. The summed E-state index contributed by atoms with van der Waals surface area (Å²) in [5.41, 5.74) is 1.69. The third-order valence-corrected chi connectivity index (χ3v) is 6.19. The van der Waals surface area contributed by atoms with Crippen molar-refractivity contribution >= 4 is 17.3 Å². The molecule has 10 heteroatoms. The summed E-state index contributed by atoms with van der Waals surface area (Å²) in [7, 11) is 3.32. The van der Waals surface area contributed by atoms with Crippen molar-refractivity contribution < 1.29 is 32.5 Å². The summed E-state index contributed by atoms with van der Waals surface area (Å²) >= 11 is 0.991. The van der Waals surface area contributed by atoms with Crippen molar-refractivity contribution in [2.24, 2.45) is 5.92 Å². The molecule has 0 atom stereocenters. The molecule has 1 aromatic heterocycles. The molecule has 1 aliphatic rings. The van der Waals surface area contributed by atoms with Crippen LogP contribution in [0.2, 0.25) is 0 Å². The molecular formula is C25H26F3N2O4S-. The molecule has 0 aliphatic heterocycles. The number of nitrogens with zero attached hydrogens (tertiary/aromatic N) is 2. The van der Waals surface area contributed by atoms with Crippen LogP contribution < -0.4 is 9.47 Å². The molecule has 0 bridgehead atoms. The molecule has 6 nitrogen and oxygen atoms in total. The Hall–Kier alpha value is -3.11. The summed E-state index contributed by atoms with van der Waals surface area (Å²) < 4.78 is 48.1. The molecule has 0 saturated heterocycles. The van der Waals surface area contributed by atoms with Gasteiger partial charge >= 0.3 is 12.1 Å². The second-order valence-electron chi connectivity index (χ2n) is 7.93. The monoisotopic (exact) mass is 507 g/mol. The predicted molar refractivity (Wildman–Crippen MR) is 129 cm³/mol. The van der Waals surface area contributed by atoms with Crippen molar-refractivity contribution in [3.63, 3.8) is 0 Å². The number of thiazole rings is 1. The highest BCUT2D eigenvalue weighted by Crippen LogP contribution is 2.34. The van der Waals surface area contributed by atoms with Gasteiger partial charge in [-0.15, -0.1) is 24.4 Å². The summed E-state index contributed by atoms with van der Waals surface area (Å²) in [5.74, 6) is 1.21. The molecule has 35 heavy (non-hydrogen) atoms. The van der Waals surface area contributed by atoms with Gasteiger partial charge < -0.3 is 19.9 Å². The number of hydrogen-bond acceptors (Lipinski definition) is 5. The van der Waals surface area contributed by atoms with Crippen LogP contribution in [-0.4, -0.2) is 43.4 Å². The minimum absolute atomic E-state index is 0.199. The SMILES string of the molecule is COc1ccc(CC[N-]CC2CC2)cc1OC.O=C(O)c1ncsc1-c1cccc(C(F)(F)F)c1. The highest BCUT2D eigenvalue weighted by molar-refractivity contribution is 7.13. The number of aromatic carboxylic acids is 1. The van der Waals surface area contributed by atoms with Gasteiger partial charge in [-0.2, -0.15) is 13.2 Å². The Kier molecular flexibility index (Phi) is 9.11. The summed E-state index contributed by atoms with van der Waals surface area (Å²) in [5, 5.41) is 13.4. The van der Waals surface area contributed by atoms with Crippen molar-refractivity contribution in [3.8, 4) is 21.9 Å². The average Bonchev–Trinajstić information content (AvgIpc) is 3.53. The largest absolute Gasteiger partial charge is 0.662 e. The van der Waals surface area contributed by atoms with Crippen LogP contribution in [0.1, 0.15) is 34.5 Å². The van der Waals surface area contributed by atoms with Gasteiger partial charge in [0.25, 0.3) is 0 Å². The highest BCUT2D eigenvalue weighted by atomic mass is 32.1. The lowest BCUT2D eigenvalue weighted by Crippen LogP contribution is -2.05. The molecule has 1 N–H and O–H groups in total. The minimum Gasteiger partial charge on any atom is -0.662 e. The molecular weight excluding hydrogens is 481 g/mol. The first-order valence-electron chi connectivity index (χ1n) is 10.9. The van der Waals surface area contributed by atoms with Gasteiger partial charge in [-0.3, -0.25) is 0 Å². The van der Waals surface area contributed by atoms with E-state index < -0.39 is 17.7 Å². The second kappa shape index (κ2) is 12.0. The summed E-state index contributed by atoms with van der Waals surface area (Å²) in [6.45, 7) is 1.96. The molecule has 1 fully saturated rings. The number of alkyl halides is 3. The van der Waals surface area contributed by atoms with Crippen LogP contribution in [0.5, 0.6) is 11.5 Å². The Bertz CT molecular complexity index is 1130. The van der Waals surface area contributed by atoms with E-state index in [2.05, 4.69) is 16.4 Å². The molecule has 0 unspecified atom stereocenters. The molecule has 2 aromatic carbocycles. The van der Waals surface area contributed by atoms with E-state index in [1.807, 2.05) is 12.1 Å². The molecule has 1 saturated carbocycles. The smallest absolute Gasteiger partial charge is 0.416 e. The fraction of sp³-hybridized carbons (Fsp3) is 0.360. The minimum atomic E-state index is -4.45. The van der Waals surface area contributed by atoms with Crippen molar-refractivity contribution in [1.29, 1.82) is 0 Å². The fourth-order valence-corrected chi connectivity index (χ4v) is 4.04. The van der Waals surface area contributed by atoms with Gasteiger partial charge in [0.1, 0.15) is 0 Å². The number of carboxylic acid groups (broad SMARTS) is 1. The van der Waals surface area contributed by atoms with Crippen molar-refractivity contribution in [3.05, 3.63) is 70.1 Å². The van der Waals surface area contributed by atoms with Crippen LogP contribution in [0.15, 0.2) is 48.0 Å². The first kappa shape index (κ1) is 26.5. The van der Waals surface area contributed by atoms with Gasteiger partial charge in [-0.1, -0.05) is 37.0 Å². The quantitative estimate of drug-likeness (QED) is 0.332. The van der Waals surface area contributed by atoms with Crippen molar-refractivity contribution in [2.75, 3.05) is 27.3 Å². The van der Waals surface area contributed by atoms with Crippen molar-refractivity contribution in [2.45, 2.75) is 25.4 Å². The van der Waals surface area contributed by atoms with Gasteiger partial charge in [-0.05, 0) is 41.8 Å².